The summed E-state index contributed by atoms with van der Waals surface area (Å²) in [4.78, 5) is 28.1. The van der Waals surface area contributed by atoms with Crippen LogP contribution >= 0.6 is 11.8 Å². The molecule has 2 amide bonds. The maximum Gasteiger partial charge on any atom is 0.243 e. The van der Waals surface area contributed by atoms with E-state index in [1.54, 1.807) is 19.1 Å². The average molecular weight is 473 g/mol. The minimum Gasteiger partial charge on any atom is -0.497 e. The molecule has 0 bridgehead atoms. The number of nitrogens with zero attached hydrogens (tertiary/aromatic N) is 1. The van der Waals surface area contributed by atoms with E-state index in [0.29, 0.717) is 18.7 Å². The first-order valence-electron chi connectivity index (χ1n) is 11.1. The second-order valence-electron chi connectivity index (χ2n) is 8.88. The fourth-order valence-electron chi connectivity index (χ4n) is 3.40. The molecule has 1 atom stereocenters. The smallest absolute Gasteiger partial charge is 0.243 e. The van der Waals surface area contributed by atoms with Gasteiger partial charge in [0.2, 0.25) is 11.8 Å². The fraction of sp³-hybridized carbons (Fsp3) is 0.462. The number of hydrogen-bond acceptors (Lipinski definition) is 5. The van der Waals surface area contributed by atoms with Crippen molar-refractivity contribution >= 4 is 23.6 Å². The molecular formula is C26H36N2O4S. The Morgan fingerprint density at radius 3 is 2.24 bits per heavy atom. The van der Waals surface area contributed by atoms with E-state index in [1.165, 1.54) is 11.8 Å². The van der Waals surface area contributed by atoms with Crippen LogP contribution in [-0.4, -0.2) is 48.3 Å². The average Bonchev–Trinajstić information content (AvgIpc) is 2.78. The van der Waals surface area contributed by atoms with Crippen molar-refractivity contribution in [2.24, 2.45) is 0 Å². The summed E-state index contributed by atoms with van der Waals surface area (Å²) in [6.45, 7) is 8.10. The van der Waals surface area contributed by atoms with E-state index in [4.69, 9.17) is 9.47 Å². The number of benzene rings is 2. The van der Waals surface area contributed by atoms with Gasteiger partial charge in [-0.3, -0.25) is 9.59 Å². The van der Waals surface area contributed by atoms with Crippen LogP contribution in [0.15, 0.2) is 48.5 Å². The van der Waals surface area contributed by atoms with Crippen molar-refractivity contribution in [2.45, 2.75) is 58.0 Å². The Kier molecular flexibility index (Phi) is 10.1. The largest absolute Gasteiger partial charge is 0.497 e. The number of nitrogens with one attached hydrogen (secondary N) is 1. The van der Waals surface area contributed by atoms with Gasteiger partial charge in [0.25, 0.3) is 0 Å². The standard InChI is InChI=1S/C26H36N2O4S/c1-7-23(25(30)27-26(2,3)4)28(16-20-9-8-10-22(15-20)32-6)24(29)18-33-17-19-11-13-21(31-5)14-12-19/h8-15,23H,7,16-18H2,1-6H3,(H,27,30). The third kappa shape index (κ3) is 8.65. The van der Waals surface area contributed by atoms with Crippen molar-refractivity contribution in [3.8, 4) is 11.5 Å². The molecule has 2 aromatic rings. The van der Waals surface area contributed by atoms with Crippen molar-refractivity contribution < 1.29 is 19.1 Å². The van der Waals surface area contributed by atoms with Crippen molar-refractivity contribution in [1.29, 1.82) is 0 Å². The molecular weight excluding hydrogens is 436 g/mol. The molecule has 0 aliphatic carbocycles. The van der Waals surface area contributed by atoms with Gasteiger partial charge in [-0.2, -0.15) is 0 Å². The molecule has 33 heavy (non-hydrogen) atoms. The normalized spacial score (nSPS) is 12.1. The summed E-state index contributed by atoms with van der Waals surface area (Å²) in [5, 5.41) is 3.03. The van der Waals surface area contributed by atoms with Crippen LogP contribution in [0.25, 0.3) is 0 Å². The molecule has 180 valence electrons. The zero-order valence-corrected chi connectivity index (χ0v) is 21.3. The fourth-order valence-corrected chi connectivity index (χ4v) is 4.27. The van der Waals surface area contributed by atoms with E-state index in [0.717, 1.165) is 22.6 Å². The molecule has 0 saturated carbocycles. The first-order valence-corrected chi connectivity index (χ1v) is 12.3. The van der Waals surface area contributed by atoms with Gasteiger partial charge in [-0.15, -0.1) is 11.8 Å². The third-order valence-corrected chi connectivity index (χ3v) is 6.01. The van der Waals surface area contributed by atoms with Crippen LogP contribution in [0.4, 0.5) is 0 Å². The molecule has 0 heterocycles. The Labute approximate surface area is 202 Å². The summed E-state index contributed by atoms with van der Waals surface area (Å²) in [7, 11) is 3.25. The van der Waals surface area contributed by atoms with Gasteiger partial charge in [0.05, 0.1) is 20.0 Å². The lowest BCUT2D eigenvalue weighted by Gasteiger charge is -2.33. The van der Waals surface area contributed by atoms with E-state index >= 15 is 0 Å². The van der Waals surface area contributed by atoms with Crippen LogP contribution in [0.2, 0.25) is 0 Å². The van der Waals surface area contributed by atoms with E-state index < -0.39 is 6.04 Å². The molecule has 1 unspecified atom stereocenters. The summed E-state index contributed by atoms with van der Waals surface area (Å²) in [5.74, 6) is 2.32. The molecule has 0 saturated heterocycles. The summed E-state index contributed by atoms with van der Waals surface area (Å²) >= 11 is 1.54. The maximum atomic E-state index is 13.3. The summed E-state index contributed by atoms with van der Waals surface area (Å²) < 4.78 is 10.5. The Bertz CT molecular complexity index is 909. The van der Waals surface area contributed by atoms with Crippen LogP contribution in [0.1, 0.15) is 45.2 Å². The molecule has 0 aliphatic heterocycles. The SMILES string of the molecule is CCC(C(=O)NC(C)(C)C)N(Cc1cccc(OC)c1)C(=O)CSCc1ccc(OC)cc1. The quantitative estimate of drug-likeness (QED) is 0.515. The second kappa shape index (κ2) is 12.5. The van der Waals surface area contributed by atoms with Crippen LogP contribution < -0.4 is 14.8 Å². The first kappa shape index (κ1) is 26.6. The van der Waals surface area contributed by atoms with E-state index in [1.807, 2.05) is 76.2 Å². The van der Waals surface area contributed by atoms with Crippen LogP contribution in [0, 0.1) is 0 Å². The second-order valence-corrected chi connectivity index (χ2v) is 9.86. The van der Waals surface area contributed by atoms with Crippen molar-refractivity contribution in [2.75, 3.05) is 20.0 Å². The lowest BCUT2D eigenvalue weighted by atomic mass is 10.1. The number of ether oxygens (including phenoxy) is 2. The van der Waals surface area contributed by atoms with Gasteiger partial charge < -0.3 is 19.7 Å². The maximum absolute atomic E-state index is 13.3. The van der Waals surface area contributed by atoms with Gasteiger partial charge in [0.15, 0.2) is 0 Å². The highest BCUT2D eigenvalue weighted by Gasteiger charge is 2.30. The molecule has 0 aromatic heterocycles. The third-order valence-electron chi connectivity index (χ3n) is 5.02. The topological polar surface area (TPSA) is 67.9 Å². The Morgan fingerprint density at radius 1 is 1.00 bits per heavy atom. The highest BCUT2D eigenvalue weighted by Crippen LogP contribution is 2.21. The number of rotatable bonds is 11. The molecule has 7 heteroatoms. The number of thioether (sulfide) groups is 1. The van der Waals surface area contributed by atoms with Crippen molar-refractivity contribution in [3.05, 3.63) is 59.7 Å². The molecule has 2 rings (SSSR count). The molecule has 0 aliphatic rings. The molecule has 6 nitrogen and oxygen atoms in total. The first-order chi connectivity index (χ1) is 15.7. The van der Waals surface area contributed by atoms with E-state index in [9.17, 15) is 9.59 Å². The van der Waals surface area contributed by atoms with Gasteiger partial charge in [0, 0.05) is 17.8 Å². The van der Waals surface area contributed by atoms with Gasteiger partial charge >= 0.3 is 0 Å². The number of carbonyl (C=O) groups is 2. The molecule has 0 radical (unpaired) electrons. The Morgan fingerprint density at radius 2 is 1.67 bits per heavy atom. The zero-order valence-electron chi connectivity index (χ0n) is 20.5. The van der Waals surface area contributed by atoms with Gasteiger partial charge in [-0.05, 0) is 62.6 Å². The predicted octanol–water partition coefficient (Wildman–Crippen LogP) is 4.66. The lowest BCUT2D eigenvalue weighted by molar-refractivity contribution is -0.140. The molecule has 0 fully saturated rings. The zero-order chi connectivity index (χ0) is 24.4. The number of hydrogen-bond donors (Lipinski definition) is 1. The number of carbonyl (C=O) groups excluding carboxylic acids is 2. The lowest BCUT2D eigenvalue weighted by Crippen LogP contribution is -2.53. The summed E-state index contributed by atoms with van der Waals surface area (Å²) in [5.41, 5.74) is 1.66. The van der Waals surface area contributed by atoms with Crippen LogP contribution in [-0.2, 0) is 21.9 Å². The number of methoxy groups -OCH3 is 2. The van der Waals surface area contributed by atoms with Crippen molar-refractivity contribution in [1.82, 2.24) is 10.2 Å². The summed E-state index contributed by atoms with van der Waals surface area (Å²) in [6.07, 6.45) is 0.529. The minimum absolute atomic E-state index is 0.0627. The Balaban J connectivity index is 2.16. The summed E-state index contributed by atoms with van der Waals surface area (Å²) in [6, 6.07) is 14.9. The Hall–Kier alpha value is -2.67. The van der Waals surface area contributed by atoms with E-state index in [2.05, 4.69) is 5.32 Å². The molecule has 1 N–H and O–H groups in total. The highest BCUT2D eigenvalue weighted by atomic mass is 32.2. The molecule has 0 spiro atoms. The van der Waals surface area contributed by atoms with Gasteiger partial charge in [-0.1, -0.05) is 31.2 Å². The predicted molar refractivity (Wildman–Crippen MR) is 135 cm³/mol. The molecule has 2 aromatic carbocycles. The van der Waals surface area contributed by atoms with Crippen LogP contribution in [0.5, 0.6) is 11.5 Å². The van der Waals surface area contributed by atoms with Gasteiger partial charge in [0.1, 0.15) is 17.5 Å². The van der Waals surface area contributed by atoms with Crippen LogP contribution in [0.3, 0.4) is 0 Å². The van der Waals surface area contributed by atoms with Crippen molar-refractivity contribution in [3.63, 3.8) is 0 Å². The highest BCUT2D eigenvalue weighted by molar-refractivity contribution is 7.99. The van der Waals surface area contributed by atoms with E-state index in [-0.39, 0.29) is 23.1 Å². The van der Waals surface area contributed by atoms with Gasteiger partial charge in [-0.25, -0.2) is 0 Å². The monoisotopic (exact) mass is 472 g/mol. The number of amides is 2. The minimum atomic E-state index is -0.551.